The number of hydrogen-bond acceptors (Lipinski definition) is 4. The highest BCUT2D eigenvalue weighted by Crippen LogP contribution is 2.32. The minimum atomic E-state index is 0.739. The molecule has 0 amide bonds. The molecule has 0 spiro atoms. The Hall–Kier alpha value is -0.900. The second kappa shape index (κ2) is 5.39. The molecule has 1 aromatic heterocycles. The second-order valence-electron chi connectivity index (χ2n) is 5.89. The average molecular weight is 249 g/mol. The molecule has 3 rings (SSSR count). The minimum Gasteiger partial charge on any atom is -0.339 e. The van der Waals surface area contributed by atoms with Gasteiger partial charge in [-0.15, -0.1) is 0 Å². The van der Waals surface area contributed by atoms with Gasteiger partial charge in [-0.3, -0.25) is 0 Å². The zero-order valence-electron chi connectivity index (χ0n) is 11.2. The third-order valence-corrected chi connectivity index (χ3v) is 4.30. The van der Waals surface area contributed by atoms with Crippen LogP contribution in [0.3, 0.4) is 0 Å². The molecule has 0 radical (unpaired) electrons. The van der Waals surface area contributed by atoms with Crippen LogP contribution in [-0.4, -0.2) is 22.2 Å². The van der Waals surface area contributed by atoms with Gasteiger partial charge in [-0.25, -0.2) is 0 Å². The Bertz CT molecular complexity index is 378. The van der Waals surface area contributed by atoms with Crippen molar-refractivity contribution in [3.05, 3.63) is 11.7 Å². The molecule has 3 heterocycles. The topological polar surface area (TPSA) is 51.0 Å². The first-order valence-electron chi connectivity index (χ1n) is 7.41. The molecule has 0 saturated carbocycles. The van der Waals surface area contributed by atoms with Crippen LogP contribution >= 0.6 is 0 Å². The Morgan fingerprint density at radius 3 is 2.78 bits per heavy atom. The summed E-state index contributed by atoms with van der Waals surface area (Å²) in [6.45, 7) is 2.19. The fraction of sp³-hybridized carbons (Fsp3) is 0.857. The first-order chi connectivity index (χ1) is 8.83. The third kappa shape index (κ3) is 2.74. The van der Waals surface area contributed by atoms with Crippen LogP contribution in [-0.2, 0) is 12.8 Å². The molecule has 4 nitrogen and oxygen atoms in total. The molecule has 100 valence electrons. The van der Waals surface area contributed by atoms with Crippen molar-refractivity contribution in [1.82, 2.24) is 15.5 Å². The maximum atomic E-state index is 5.37. The molecule has 1 aromatic rings. The van der Waals surface area contributed by atoms with E-state index in [4.69, 9.17) is 4.52 Å². The van der Waals surface area contributed by atoms with Gasteiger partial charge in [-0.1, -0.05) is 18.5 Å². The molecule has 2 fully saturated rings. The van der Waals surface area contributed by atoms with E-state index in [-0.39, 0.29) is 0 Å². The molecule has 18 heavy (non-hydrogen) atoms. The smallest absolute Gasteiger partial charge is 0.226 e. The van der Waals surface area contributed by atoms with Crippen LogP contribution in [0.25, 0.3) is 0 Å². The highest BCUT2D eigenvalue weighted by molar-refractivity contribution is 4.96. The highest BCUT2D eigenvalue weighted by Gasteiger charge is 2.34. The van der Waals surface area contributed by atoms with Gasteiger partial charge in [0.25, 0.3) is 0 Å². The maximum Gasteiger partial charge on any atom is 0.226 e. The summed E-state index contributed by atoms with van der Waals surface area (Å²) in [4.78, 5) is 4.51. The quantitative estimate of drug-likeness (QED) is 0.871. The lowest BCUT2D eigenvalue weighted by Crippen LogP contribution is -2.38. The second-order valence-corrected chi connectivity index (χ2v) is 5.89. The van der Waals surface area contributed by atoms with Crippen LogP contribution in [0.2, 0.25) is 0 Å². The molecule has 0 aromatic carbocycles. The van der Waals surface area contributed by atoms with Gasteiger partial charge < -0.3 is 9.84 Å². The van der Waals surface area contributed by atoms with E-state index in [1.54, 1.807) is 0 Å². The van der Waals surface area contributed by atoms with Gasteiger partial charge in [-0.2, -0.15) is 4.98 Å². The van der Waals surface area contributed by atoms with Crippen molar-refractivity contribution in [3.8, 4) is 0 Å². The van der Waals surface area contributed by atoms with Crippen molar-refractivity contribution in [2.45, 2.75) is 70.4 Å². The number of piperidine rings is 1. The van der Waals surface area contributed by atoms with Gasteiger partial charge in [0.15, 0.2) is 5.82 Å². The van der Waals surface area contributed by atoms with Crippen molar-refractivity contribution in [2.24, 2.45) is 5.92 Å². The van der Waals surface area contributed by atoms with Crippen molar-refractivity contribution in [1.29, 1.82) is 0 Å². The number of unbranched alkanes of at least 4 members (excludes halogenated alkanes) is 1. The Kier molecular flexibility index (Phi) is 3.64. The maximum absolute atomic E-state index is 5.37. The molecule has 0 aliphatic carbocycles. The highest BCUT2D eigenvalue weighted by atomic mass is 16.5. The largest absolute Gasteiger partial charge is 0.339 e. The summed E-state index contributed by atoms with van der Waals surface area (Å²) in [5.41, 5.74) is 0. The number of nitrogens with zero attached hydrogens (tertiary/aromatic N) is 2. The van der Waals surface area contributed by atoms with E-state index in [0.29, 0.717) is 0 Å². The minimum absolute atomic E-state index is 0.739. The predicted molar refractivity (Wildman–Crippen MR) is 69.3 cm³/mol. The third-order valence-electron chi connectivity index (χ3n) is 4.30. The Morgan fingerprint density at radius 2 is 2.06 bits per heavy atom. The van der Waals surface area contributed by atoms with Crippen LogP contribution in [0.5, 0.6) is 0 Å². The van der Waals surface area contributed by atoms with E-state index in [1.165, 1.54) is 32.1 Å². The molecule has 2 aliphatic heterocycles. The van der Waals surface area contributed by atoms with Crippen LogP contribution in [0.4, 0.5) is 0 Å². The van der Waals surface area contributed by atoms with E-state index in [2.05, 4.69) is 22.4 Å². The van der Waals surface area contributed by atoms with Crippen LogP contribution in [0, 0.1) is 5.92 Å². The van der Waals surface area contributed by atoms with Gasteiger partial charge in [0.2, 0.25) is 5.89 Å². The fourth-order valence-corrected chi connectivity index (χ4v) is 3.40. The van der Waals surface area contributed by atoms with E-state index in [9.17, 15) is 0 Å². The van der Waals surface area contributed by atoms with Crippen LogP contribution in [0.15, 0.2) is 4.52 Å². The van der Waals surface area contributed by atoms with Crippen molar-refractivity contribution >= 4 is 0 Å². The van der Waals surface area contributed by atoms with E-state index in [1.807, 2.05) is 0 Å². The summed E-state index contributed by atoms with van der Waals surface area (Å²) in [6.07, 6.45) is 9.54. The standard InChI is InChI=1S/C14H23N3O/c1-2-3-4-13-16-14(18-17-13)9-10-7-11-5-6-12(8-10)15-11/h10-12,15H,2-9H2,1H3. The first kappa shape index (κ1) is 12.2. The van der Waals surface area contributed by atoms with E-state index < -0.39 is 0 Å². The number of fused-ring (bicyclic) bond motifs is 2. The zero-order chi connectivity index (χ0) is 12.4. The number of aryl methyl sites for hydroxylation is 1. The molecule has 1 N–H and O–H groups in total. The summed E-state index contributed by atoms with van der Waals surface area (Å²) < 4.78 is 5.37. The van der Waals surface area contributed by atoms with Crippen molar-refractivity contribution < 1.29 is 4.52 Å². The molecule has 2 saturated heterocycles. The van der Waals surface area contributed by atoms with Crippen LogP contribution in [0.1, 0.15) is 57.2 Å². The summed E-state index contributed by atoms with van der Waals surface area (Å²) >= 11 is 0. The summed E-state index contributed by atoms with van der Waals surface area (Å²) in [5.74, 6) is 2.49. The summed E-state index contributed by atoms with van der Waals surface area (Å²) in [7, 11) is 0. The monoisotopic (exact) mass is 249 g/mol. The number of hydrogen-bond donors (Lipinski definition) is 1. The Morgan fingerprint density at radius 1 is 1.28 bits per heavy atom. The molecule has 2 unspecified atom stereocenters. The molecule has 2 atom stereocenters. The normalized spacial score (nSPS) is 30.8. The van der Waals surface area contributed by atoms with E-state index >= 15 is 0 Å². The van der Waals surface area contributed by atoms with Gasteiger partial charge in [0.1, 0.15) is 0 Å². The number of aromatic nitrogens is 2. The summed E-state index contributed by atoms with van der Waals surface area (Å²) in [6, 6.07) is 1.49. The predicted octanol–water partition coefficient (Wildman–Crippen LogP) is 2.49. The van der Waals surface area contributed by atoms with Gasteiger partial charge >= 0.3 is 0 Å². The van der Waals surface area contributed by atoms with Gasteiger partial charge in [0, 0.05) is 24.9 Å². The molecular weight excluding hydrogens is 226 g/mol. The first-order valence-corrected chi connectivity index (χ1v) is 7.41. The average Bonchev–Trinajstić information content (AvgIpc) is 2.94. The fourth-order valence-electron chi connectivity index (χ4n) is 3.40. The Balaban J connectivity index is 1.54. The lowest BCUT2D eigenvalue weighted by atomic mass is 9.90. The molecular formula is C14H23N3O. The lowest BCUT2D eigenvalue weighted by molar-refractivity contribution is 0.270. The number of rotatable bonds is 5. The van der Waals surface area contributed by atoms with Crippen molar-refractivity contribution in [2.75, 3.05) is 0 Å². The van der Waals surface area contributed by atoms with Crippen molar-refractivity contribution in [3.63, 3.8) is 0 Å². The molecule has 2 aliphatic rings. The summed E-state index contributed by atoms with van der Waals surface area (Å²) in [5, 5.41) is 7.74. The zero-order valence-corrected chi connectivity index (χ0v) is 11.2. The lowest BCUT2D eigenvalue weighted by Gasteiger charge is -2.28. The SMILES string of the molecule is CCCCc1noc(CC2CC3CCC(C2)N3)n1. The van der Waals surface area contributed by atoms with E-state index in [0.717, 1.165) is 49.0 Å². The molecule has 2 bridgehead atoms. The van der Waals surface area contributed by atoms with Crippen LogP contribution < -0.4 is 5.32 Å². The van der Waals surface area contributed by atoms with Gasteiger partial charge in [-0.05, 0) is 38.0 Å². The molecule has 4 heteroatoms. The van der Waals surface area contributed by atoms with Gasteiger partial charge in [0.05, 0.1) is 0 Å². The number of nitrogens with one attached hydrogen (secondary N) is 1. The Labute approximate surface area is 109 Å².